The summed E-state index contributed by atoms with van der Waals surface area (Å²) in [4.78, 5) is -4.18. The number of phenols is 4. The molecule has 0 spiro atoms. The van der Waals surface area contributed by atoms with Gasteiger partial charge in [0, 0.05) is 0 Å². The van der Waals surface area contributed by atoms with E-state index in [1.165, 1.54) is 48.5 Å². The molecule has 0 amide bonds. The van der Waals surface area contributed by atoms with Crippen molar-refractivity contribution in [3.8, 4) is 34.1 Å². The molecule has 0 aromatic heterocycles. The summed E-state index contributed by atoms with van der Waals surface area (Å²) in [5.74, 6) is -3.95. The van der Waals surface area contributed by atoms with Gasteiger partial charge in [-0.05, 0) is 82.6 Å². The fraction of sp³-hybridized carbons (Fsp3) is 0. The van der Waals surface area contributed by atoms with Crippen molar-refractivity contribution in [2.24, 2.45) is 20.5 Å². The summed E-state index contributed by atoms with van der Waals surface area (Å²) in [6.07, 6.45) is 0. The van der Waals surface area contributed by atoms with Gasteiger partial charge in [-0.15, -0.1) is 10.2 Å². The Balaban J connectivity index is 0.00000310. The van der Waals surface area contributed by atoms with Crippen LogP contribution in [0, 0.1) is 0 Å². The van der Waals surface area contributed by atoms with Crippen LogP contribution in [0.5, 0.6) is 23.0 Å². The van der Waals surface area contributed by atoms with E-state index in [0.717, 1.165) is 0 Å². The van der Waals surface area contributed by atoms with E-state index >= 15 is 0 Å². The van der Waals surface area contributed by atoms with Gasteiger partial charge in [-0.25, -0.2) is 33.7 Å². The van der Waals surface area contributed by atoms with Crippen molar-refractivity contribution < 1.29 is 191 Å². The van der Waals surface area contributed by atoms with E-state index in [9.17, 15) is 72.3 Å². The number of benzene rings is 6. The Morgan fingerprint density at radius 2 is 0.700 bits per heavy atom. The molecular formula is C32H18N4Na4O16S4. The van der Waals surface area contributed by atoms with Gasteiger partial charge in [0.15, 0.2) is 11.5 Å². The zero-order chi connectivity index (χ0) is 41.1. The summed E-state index contributed by atoms with van der Waals surface area (Å²) < 4.78 is 141. The molecule has 290 valence electrons. The molecule has 0 bridgehead atoms. The van der Waals surface area contributed by atoms with Gasteiger partial charge < -0.3 is 38.6 Å². The number of azo groups is 2. The Kier molecular flexibility index (Phi) is 18.1. The van der Waals surface area contributed by atoms with Crippen LogP contribution in [-0.2, 0) is 40.5 Å². The van der Waals surface area contributed by atoms with Gasteiger partial charge in [-0.3, -0.25) is 0 Å². The summed E-state index contributed by atoms with van der Waals surface area (Å²) in [6, 6.07) is 15.3. The number of hydrogen-bond acceptors (Lipinski definition) is 20. The van der Waals surface area contributed by atoms with E-state index in [1.54, 1.807) is 0 Å². The molecule has 6 rings (SSSR count). The molecule has 20 nitrogen and oxygen atoms in total. The molecule has 0 saturated carbocycles. The predicted molar refractivity (Wildman–Crippen MR) is 187 cm³/mol. The van der Waals surface area contributed by atoms with Crippen LogP contribution in [0.2, 0.25) is 0 Å². The summed E-state index contributed by atoms with van der Waals surface area (Å²) in [7, 11) is -21.0. The van der Waals surface area contributed by atoms with Crippen molar-refractivity contribution in [2.75, 3.05) is 0 Å². The Labute approximate surface area is 428 Å². The smallest absolute Gasteiger partial charge is 0.744 e. The average Bonchev–Trinajstić information content (AvgIpc) is 3.09. The van der Waals surface area contributed by atoms with Crippen molar-refractivity contribution in [2.45, 2.75) is 19.6 Å². The van der Waals surface area contributed by atoms with Crippen LogP contribution in [0.1, 0.15) is 0 Å². The number of rotatable bonds is 9. The molecule has 0 atom stereocenters. The van der Waals surface area contributed by atoms with Crippen molar-refractivity contribution in [1.29, 1.82) is 0 Å². The second kappa shape index (κ2) is 20.2. The predicted octanol–water partition coefficient (Wildman–Crippen LogP) is -7.05. The number of aromatic hydroxyl groups is 4. The van der Waals surface area contributed by atoms with Crippen LogP contribution in [0.3, 0.4) is 0 Å². The minimum Gasteiger partial charge on any atom is -0.744 e. The first kappa shape index (κ1) is 54.0. The SMILES string of the molecule is O=S(=O)([O-])c1cc(O)c2c(O)c(N=Nc3ccc(-c4ccc(N=Nc5c(S(=O)(=O)[O-])cc6cc(S(=O)(=O)[O-])cc(O)c6c5O)cc4)cc3)c(S(=O)(=O)[O-])cc2c1.[Na+].[Na+].[Na+].[Na+]. The zero-order valence-corrected chi connectivity index (χ0v) is 42.5. The Bertz CT molecular complexity index is 2960. The largest absolute Gasteiger partial charge is 1.00 e. The molecule has 0 aliphatic rings. The van der Waals surface area contributed by atoms with Gasteiger partial charge in [0.1, 0.15) is 63.3 Å². The van der Waals surface area contributed by atoms with Crippen molar-refractivity contribution >= 4 is 84.8 Å². The van der Waals surface area contributed by atoms with Gasteiger partial charge in [-0.1, -0.05) is 24.3 Å². The minimum absolute atomic E-state index is 0. The number of hydrogen-bond donors (Lipinski definition) is 4. The van der Waals surface area contributed by atoms with E-state index in [2.05, 4.69) is 20.5 Å². The fourth-order valence-electron chi connectivity index (χ4n) is 5.40. The Morgan fingerprint density at radius 3 is 0.967 bits per heavy atom. The molecule has 0 unspecified atom stereocenters. The van der Waals surface area contributed by atoms with Crippen molar-refractivity contribution in [3.05, 3.63) is 84.9 Å². The van der Waals surface area contributed by atoms with E-state index in [0.29, 0.717) is 47.5 Å². The van der Waals surface area contributed by atoms with E-state index in [4.69, 9.17) is 0 Å². The molecule has 6 aromatic carbocycles. The summed E-state index contributed by atoms with van der Waals surface area (Å²) >= 11 is 0. The van der Waals surface area contributed by atoms with Gasteiger partial charge in [0.25, 0.3) is 0 Å². The first-order chi connectivity index (χ1) is 25.9. The van der Waals surface area contributed by atoms with Gasteiger partial charge >= 0.3 is 118 Å². The quantitative estimate of drug-likeness (QED) is 0.0595. The van der Waals surface area contributed by atoms with Crippen molar-refractivity contribution in [3.63, 3.8) is 0 Å². The molecule has 60 heavy (non-hydrogen) atoms. The molecule has 0 saturated heterocycles. The van der Waals surface area contributed by atoms with Crippen LogP contribution < -0.4 is 118 Å². The normalized spacial score (nSPS) is 12.1. The molecule has 0 heterocycles. The molecule has 0 radical (unpaired) electrons. The topological polar surface area (TPSA) is 359 Å². The van der Waals surface area contributed by atoms with Crippen LogP contribution in [-0.4, -0.2) is 72.3 Å². The van der Waals surface area contributed by atoms with E-state index in [-0.39, 0.29) is 130 Å². The van der Waals surface area contributed by atoms with Crippen LogP contribution in [0.4, 0.5) is 22.7 Å². The summed E-state index contributed by atoms with van der Waals surface area (Å²) in [6.45, 7) is 0. The van der Waals surface area contributed by atoms with E-state index < -0.39 is 116 Å². The number of fused-ring (bicyclic) bond motifs is 2. The van der Waals surface area contributed by atoms with Gasteiger partial charge in [0.2, 0.25) is 0 Å². The number of nitrogens with zero attached hydrogens (tertiary/aromatic N) is 4. The second-order valence-electron chi connectivity index (χ2n) is 11.5. The van der Waals surface area contributed by atoms with Crippen LogP contribution in [0.25, 0.3) is 32.7 Å². The maximum absolute atomic E-state index is 12.0. The zero-order valence-electron chi connectivity index (χ0n) is 31.2. The third kappa shape index (κ3) is 11.7. The summed E-state index contributed by atoms with van der Waals surface area (Å²) in [5.41, 5.74) is -0.513. The van der Waals surface area contributed by atoms with Crippen molar-refractivity contribution in [1.82, 2.24) is 0 Å². The average molecular weight is 935 g/mol. The third-order valence-corrected chi connectivity index (χ3v) is 11.2. The van der Waals surface area contributed by atoms with Crippen LogP contribution >= 0.6 is 0 Å². The minimum atomic E-state index is -5.39. The van der Waals surface area contributed by atoms with E-state index in [1.807, 2.05) is 0 Å². The maximum atomic E-state index is 12.0. The first-order valence-electron chi connectivity index (χ1n) is 14.9. The first-order valence-corrected chi connectivity index (χ1v) is 20.5. The second-order valence-corrected chi connectivity index (χ2v) is 17.0. The molecule has 28 heteroatoms. The Hall–Kier alpha value is -2.12. The standard InChI is InChI=1S/C32H22N4O16S4.4Na/c37-23-13-21(53(41,42)43)9-17-11-25(55(47,48)49)29(31(39)27(17)23)35-33-19-5-1-15(2-6-19)16-3-7-20(8-4-16)34-36-30-26(56(50,51)52)12-18-10-22(54(44,45)46)14-24(38)28(18)32(30)40;;;;/h1-14,37-40H,(H,41,42,43)(H,44,45,46)(H,47,48,49)(H,50,51,52);;;;/q;4*+1/p-4. The molecule has 0 aliphatic heterocycles. The third-order valence-electron chi connectivity index (χ3n) is 7.92. The van der Waals surface area contributed by atoms with Gasteiger partial charge in [-0.2, -0.15) is 10.2 Å². The Morgan fingerprint density at radius 1 is 0.400 bits per heavy atom. The molecule has 0 aliphatic carbocycles. The molecular weight excluding hydrogens is 917 g/mol. The maximum Gasteiger partial charge on any atom is 1.00 e. The summed E-state index contributed by atoms with van der Waals surface area (Å²) in [5, 5.41) is 55.2. The monoisotopic (exact) mass is 934 g/mol. The molecule has 6 aromatic rings. The fourth-order valence-corrected chi connectivity index (χ4v) is 7.74. The van der Waals surface area contributed by atoms with Crippen LogP contribution in [0.15, 0.2) is 125 Å². The molecule has 0 fully saturated rings. The van der Waals surface area contributed by atoms with Gasteiger partial charge in [0.05, 0.1) is 41.7 Å². The molecule has 4 N–H and O–H groups in total. The number of phenolic OH excluding ortho intramolecular Hbond substituents is 4.